The van der Waals surface area contributed by atoms with Crippen LogP contribution >= 0.6 is 0 Å². The van der Waals surface area contributed by atoms with Gasteiger partial charge in [-0.2, -0.15) is 0 Å². The molecule has 3 rings (SSSR count). The minimum absolute atomic E-state index is 0.0725. The van der Waals surface area contributed by atoms with E-state index in [9.17, 15) is 18.4 Å². The van der Waals surface area contributed by atoms with Gasteiger partial charge in [-0.25, -0.2) is 8.78 Å². The monoisotopic (exact) mass is 402 g/mol. The number of nitrogens with one attached hydrogen (secondary N) is 1. The number of nitrogens with zero attached hydrogens (tertiary/aromatic N) is 1. The zero-order valence-corrected chi connectivity index (χ0v) is 16.3. The molecule has 0 unspecified atom stereocenters. The van der Waals surface area contributed by atoms with Crippen molar-refractivity contribution in [1.82, 2.24) is 10.2 Å². The molecule has 1 aliphatic rings. The molecule has 0 aliphatic carbocycles. The fourth-order valence-corrected chi connectivity index (χ4v) is 3.41. The Kier molecular flexibility index (Phi) is 6.80. The summed E-state index contributed by atoms with van der Waals surface area (Å²) in [4.78, 5) is 26.2. The van der Waals surface area contributed by atoms with Crippen molar-refractivity contribution in [2.75, 3.05) is 19.7 Å². The summed E-state index contributed by atoms with van der Waals surface area (Å²) in [6.07, 6.45) is 1.94. The minimum Gasteiger partial charge on any atom is -0.483 e. The number of carbonyl (C=O) groups is 2. The first kappa shape index (κ1) is 20.8. The van der Waals surface area contributed by atoms with Crippen LogP contribution in [0.25, 0.3) is 0 Å². The number of likely N-dealkylation sites (tertiary alicyclic amines) is 1. The molecule has 1 saturated heterocycles. The Labute approximate surface area is 168 Å². The Hall–Kier alpha value is -2.96. The molecule has 2 aromatic carbocycles. The predicted molar refractivity (Wildman–Crippen MR) is 105 cm³/mol. The minimum atomic E-state index is -0.866. The Morgan fingerprint density at radius 2 is 1.86 bits per heavy atom. The van der Waals surface area contributed by atoms with E-state index in [4.69, 9.17) is 4.74 Å². The molecule has 29 heavy (non-hydrogen) atoms. The van der Waals surface area contributed by atoms with Crippen molar-refractivity contribution in [3.05, 3.63) is 65.2 Å². The Bertz CT molecular complexity index is 880. The number of ether oxygens (including phenoxy) is 1. The van der Waals surface area contributed by atoms with Gasteiger partial charge in [0.2, 0.25) is 0 Å². The lowest BCUT2D eigenvalue weighted by molar-refractivity contribution is -0.124. The van der Waals surface area contributed by atoms with Crippen LogP contribution in [0.1, 0.15) is 35.7 Å². The molecular formula is C22H24F2N2O3. The fourth-order valence-electron chi connectivity index (χ4n) is 3.41. The van der Waals surface area contributed by atoms with E-state index in [0.717, 1.165) is 24.1 Å². The van der Waals surface area contributed by atoms with Crippen LogP contribution in [-0.2, 0) is 11.2 Å². The van der Waals surface area contributed by atoms with Crippen LogP contribution in [0.4, 0.5) is 8.78 Å². The molecule has 0 saturated carbocycles. The highest BCUT2D eigenvalue weighted by Gasteiger charge is 2.26. The van der Waals surface area contributed by atoms with Crippen LogP contribution in [0.15, 0.2) is 42.5 Å². The van der Waals surface area contributed by atoms with Crippen molar-refractivity contribution < 1.29 is 23.1 Å². The van der Waals surface area contributed by atoms with Gasteiger partial charge in [0.05, 0.1) is 5.56 Å². The van der Waals surface area contributed by atoms with E-state index in [2.05, 4.69) is 5.32 Å². The normalized spacial score (nSPS) is 14.5. The van der Waals surface area contributed by atoms with Crippen molar-refractivity contribution in [1.29, 1.82) is 0 Å². The number of benzene rings is 2. The number of carbonyl (C=O) groups excluding carboxylic acids is 2. The van der Waals surface area contributed by atoms with Crippen molar-refractivity contribution in [2.24, 2.45) is 0 Å². The zero-order valence-electron chi connectivity index (χ0n) is 16.3. The van der Waals surface area contributed by atoms with E-state index in [1.807, 2.05) is 31.2 Å². The van der Waals surface area contributed by atoms with E-state index < -0.39 is 17.5 Å². The van der Waals surface area contributed by atoms with E-state index in [-0.39, 0.29) is 24.1 Å². The molecular weight excluding hydrogens is 378 g/mol. The van der Waals surface area contributed by atoms with Gasteiger partial charge in [-0.1, -0.05) is 25.1 Å². The number of hydrogen-bond donors (Lipinski definition) is 1. The van der Waals surface area contributed by atoms with Crippen molar-refractivity contribution in [3.8, 4) is 5.75 Å². The van der Waals surface area contributed by atoms with Gasteiger partial charge in [0.15, 0.2) is 6.61 Å². The first-order valence-electron chi connectivity index (χ1n) is 9.72. The van der Waals surface area contributed by atoms with Crippen LogP contribution < -0.4 is 10.1 Å². The highest BCUT2D eigenvalue weighted by Crippen LogP contribution is 2.19. The topological polar surface area (TPSA) is 58.6 Å². The smallest absolute Gasteiger partial charge is 0.258 e. The molecule has 1 N–H and O–H groups in total. The number of amides is 2. The van der Waals surface area contributed by atoms with Crippen molar-refractivity contribution in [2.45, 2.75) is 32.2 Å². The molecule has 0 spiro atoms. The summed E-state index contributed by atoms with van der Waals surface area (Å²) in [6, 6.07) is 10.5. The maximum absolute atomic E-state index is 13.8. The number of rotatable bonds is 6. The van der Waals surface area contributed by atoms with Crippen LogP contribution in [0.2, 0.25) is 0 Å². The van der Waals surface area contributed by atoms with Crippen LogP contribution in [0, 0.1) is 11.6 Å². The number of halogens is 2. The number of aryl methyl sites for hydroxylation is 1. The molecule has 2 amide bonds. The third-order valence-corrected chi connectivity index (χ3v) is 5.02. The highest BCUT2D eigenvalue weighted by molar-refractivity contribution is 5.94. The summed E-state index contributed by atoms with van der Waals surface area (Å²) in [5, 5.41) is 2.92. The number of hydrogen-bond acceptors (Lipinski definition) is 3. The summed E-state index contributed by atoms with van der Waals surface area (Å²) >= 11 is 0. The molecule has 1 heterocycles. The second-order valence-electron chi connectivity index (χ2n) is 7.01. The van der Waals surface area contributed by atoms with Gasteiger partial charge in [0.25, 0.3) is 11.8 Å². The number of para-hydroxylation sites is 1. The van der Waals surface area contributed by atoms with Gasteiger partial charge in [0.1, 0.15) is 17.4 Å². The summed E-state index contributed by atoms with van der Waals surface area (Å²) in [7, 11) is 0. The lowest BCUT2D eigenvalue weighted by atomic mass is 10.0. The maximum Gasteiger partial charge on any atom is 0.258 e. The van der Waals surface area contributed by atoms with Crippen molar-refractivity contribution in [3.63, 3.8) is 0 Å². The lowest BCUT2D eigenvalue weighted by Gasteiger charge is -2.32. The summed E-state index contributed by atoms with van der Waals surface area (Å²) in [6.45, 7) is 2.73. The quantitative estimate of drug-likeness (QED) is 0.806. The third-order valence-electron chi connectivity index (χ3n) is 5.02. The van der Waals surface area contributed by atoms with Crippen LogP contribution in [0.5, 0.6) is 5.75 Å². The Balaban J connectivity index is 1.47. The predicted octanol–water partition coefficient (Wildman–Crippen LogP) is 3.33. The first-order chi connectivity index (χ1) is 14.0. The zero-order chi connectivity index (χ0) is 20.8. The van der Waals surface area contributed by atoms with Gasteiger partial charge in [-0.3, -0.25) is 9.59 Å². The fraction of sp³-hybridized carbons (Fsp3) is 0.364. The summed E-state index contributed by atoms with van der Waals surface area (Å²) in [5.74, 6) is -1.57. The molecule has 1 aliphatic heterocycles. The molecule has 0 atom stereocenters. The molecule has 5 nitrogen and oxygen atoms in total. The van der Waals surface area contributed by atoms with Gasteiger partial charge in [-0.05, 0) is 43.0 Å². The summed E-state index contributed by atoms with van der Waals surface area (Å²) in [5.41, 5.74) is 0.900. The van der Waals surface area contributed by atoms with E-state index in [1.54, 1.807) is 0 Å². The van der Waals surface area contributed by atoms with Crippen LogP contribution in [-0.4, -0.2) is 42.5 Å². The second-order valence-corrected chi connectivity index (χ2v) is 7.01. The average Bonchev–Trinajstić information content (AvgIpc) is 2.72. The van der Waals surface area contributed by atoms with Gasteiger partial charge >= 0.3 is 0 Å². The standard InChI is InChI=1S/C22H24F2N2O3/c1-2-15-5-3-4-6-20(15)29-14-21(27)25-17-9-11-26(12-10-17)22(28)18-8-7-16(23)13-19(18)24/h3-8,13,17H,2,9-12,14H2,1H3,(H,25,27). The summed E-state index contributed by atoms with van der Waals surface area (Å²) < 4.78 is 32.5. The molecule has 0 bridgehead atoms. The third kappa shape index (κ3) is 5.31. The van der Waals surface area contributed by atoms with Gasteiger partial charge in [-0.15, -0.1) is 0 Å². The average molecular weight is 402 g/mol. The SMILES string of the molecule is CCc1ccccc1OCC(=O)NC1CCN(C(=O)c2ccc(F)cc2F)CC1. The van der Waals surface area contributed by atoms with E-state index >= 15 is 0 Å². The Morgan fingerprint density at radius 1 is 1.14 bits per heavy atom. The molecule has 7 heteroatoms. The Morgan fingerprint density at radius 3 is 2.55 bits per heavy atom. The lowest BCUT2D eigenvalue weighted by Crippen LogP contribution is -2.47. The molecule has 0 radical (unpaired) electrons. The molecule has 2 aromatic rings. The molecule has 1 fully saturated rings. The van der Waals surface area contributed by atoms with E-state index in [1.165, 1.54) is 4.90 Å². The first-order valence-corrected chi connectivity index (χ1v) is 9.72. The molecule has 154 valence electrons. The largest absolute Gasteiger partial charge is 0.483 e. The van der Waals surface area contributed by atoms with Crippen LogP contribution in [0.3, 0.4) is 0 Å². The second kappa shape index (κ2) is 9.49. The molecule has 0 aromatic heterocycles. The highest BCUT2D eigenvalue weighted by atomic mass is 19.1. The van der Waals surface area contributed by atoms with Crippen molar-refractivity contribution >= 4 is 11.8 Å². The maximum atomic E-state index is 13.8. The van der Waals surface area contributed by atoms with Gasteiger partial charge < -0.3 is 15.0 Å². The van der Waals surface area contributed by atoms with Gasteiger partial charge in [0, 0.05) is 25.2 Å². The van der Waals surface area contributed by atoms with E-state index in [0.29, 0.717) is 37.7 Å². The number of piperidine rings is 1.